The van der Waals surface area contributed by atoms with E-state index in [9.17, 15) is 14.0 Å². The Morgan fingerprint density at radius 1 is 1.37 bits per heavy atom. The van der Waals surface area contributed by atoms with Crippen molar-refractivity contribution in [2.24, 2.45) is 0 Å². The molecule has 1 fully saturated rings. The molecule has 1 saturated heterocycles. The van der Waals surface area contributed by atoms with Crippen molar-refractivity contribution in [3.8, 4) is 0 Å². The van der Waals surface area contributed by atoms with Gasteiger partial charge in [-0.15, -0.1) is 0 Å². The molecule has 2 rings (SSSR count). The zero-order valence-corrected chi connectivity index (χ0v) is 10.4. The van der Waals surface area contributed by atoms with Gasteiger partial charge in [-0.05, 0) is 30.7 Å². The normalized spacial score (nSPS) is 18.8. The number of benzene rings is 1. The Morgan fingerprint density at radius 2 is 2.11 bits per heavy atom. The smallest absolute Gasteiger partial charge is 0.238 e. The van der Waals surface area contributed by atoms with E-state index in [0.717, 1.165) is 6.42 Å². The van der Waals surface area contributed by atoms with E-state index in [1.54, 1.807) is 0 Å². The topological polar surface area (TPSA) is 70.2 Å². The number of rotatable bonds is 4. The Kier molecular flexibility index (Phi) is 4.46. The molecule has 5 nitrogen and oxygen atoms in total. The highest BCUT2D eigenvalue weighted by atomic mass is 19.1. The molecule has 1 heterocycles. The van der Waals surface area contributed by atoms with Gasteiger partial charge in [-0.2, -0.15) is 0 Å². The van der Waals surface area contributed by atoms with Gasteiger partial charge < -0.3 is 16.0 Å². The van der Waals surface area contributed by atoms with Crippen LogP contribution in [-0.4, -0.2) is 30.9 Å². The minimum absolute atomic E-state index is 0.0498. The molecule has 2 amide bonds. The molecule has 1 aliphatic rings. The number of nitrogens with one attached hydrogen (secondary N) is 3. The fourth-order valence-corrected chi connectivity index (χ4v) is 1.88. The Hall–Kier alpha value is -1.95. The Morgan fingerprint density at radius 3 is 2.74 bits per heavy atom. The van der Waals surface area contributed by atoms with Gasteiger partial charge in [0.1, 0.15) is 5.82 Å². The molecule has 0 aliphatic carbocycles. The maximum absolute atomic E-state index is 12.7. The van der Waals surface area contributed by atoms with Crippen molar-refractivity contribution in [1.82, 2.24) is 10.6 Å². The summed E-state index contributed by atoms with van der Waals surface area (Å²) in [4.78, 5) is 22.6. The maximum Gasteiger partial charge on any atom is 0.238 e. The first-order valence-electron chi connectivity index (χ1n) is 6.19. The lowest BCUT2D eigenvalue weighted by atomic mass is 10.1. The molecule has 0 aromatic heterocycles. The molecular weight excluding hydrogens is 249 g/mol. The lowest BCUT2D eigenvalue weighted by Crippen LogP contribution is -2.47. The monoisotopic (exact) mass is 265 g/mol. The third-order valence-electron chi connectivity index (χ3n) is 2.94. The Labute approximate surface area is 110 Å². The van der Waals surface area contributed by atoms with Crippen LogP contribution in [0.3, 0.4) is 0 Å². The third kappa shape index (κ3) is 4.33. The predicted octanol–water partition coefficient (Wildman–Crippen LogP) is 0.632. The molecule has 6 heteroatoms. The van der Waals surface area contributed by atoms with Gasteiger partial charge in [0.15, 0.2) is 0 Å². The molecule has 19 heavy (non-hydrogen) atoms. The quantitative estimate of drug-likeness (QED) is 0.748. The van der Waals surface area contributed by atoms with Gasteiger partial charge in [0, 0.05) is 24.7 Å². The van der Waals surface area contributed by atoms with Crippen LogP contribution in [0.2, 0.25) is 0 Å². The number of hydrogen-bond acceptors (Lipinski definition) is 3. The zero-order chi connectivity index (χ0) is 13.7. The van der Waals surface area contributed by atoms with Crippen molar-refractivity contribution in [3.05, 3.63) is 30.1 Å². The largest absolute Gasteiger partial charge is 0.355 e. The van der Waals surface area contributed by atoms with Crippen LogP contribution in [0, 0.1) is 5.82 Å². The van der Waals surface area contributed by atoms with Crippen LogP contribution in [0.4, 0.5) is 10.1 Å². The van der Waals surface area contributed by atoms with Gasteiger partial charge in [0.25, 0.3) is 0 Å². The number of hydrogen-bond donors (Lipinski definition) is 3. The first-order chi connectivity index (χ1) is 9.13. The van der Waals surface area contributed by atoms with Gasteiger partial charge in [-0.3, -0.25) is 9.59 Å². The molecular formula is C13H16FN3O2. The SMILES string of the molecule is O=C1CCC(NCC(=O)Nc2ccc(F)cc2)CN1. The second kappa shape index (κ2) is 6.29. The molecule has 0 radical (unpaired) electrons. The summed E-state index contributed by atoms with van der Waals surface area (Å²) in [6.45, 7) is 0.709. The Bertz CT molecular complexity index is 451. The van der Waals surface area contributed by atoms with Crippen LogP contribution < -0.4 is 16.0 Å². The second-order valence-electron chi connectivity index (χ2n) is 4.48. The van der Waals surface area contributed by atoms with Gasteiger partial charge >= 0.3 is 0 Å². The summed E-state index contributed by atoms with van der Waals surface area (Å²) in [6.07, 6.45) is 1.22. The van der Waals surface area contributed by atoms with E-state index in [0.29, 0.717) is 18.7 Å². The molecule has 1 aromatic rings. The van der Waals surface area contributed by atoms with E-state index >= 15 is 0 Å². The van der Waals surface area contributed by atoms with Crippen LogP contribution in [0.15, 0.2) is 24.3 Å². The molecule has 1 atom stereocenters. The van der Waals surface area contributed by atoms with E-state index < -0.39 is 0 Å². The number of carbonyl (C=O) groups is 2. The van der Waals surface area contributed by atoms with E-state index in [-0.39, 0.29) is 30.2 Å². The summed E-state index contributed by atoms with van der Waals surface area (Å²) in [5.74, 6) is -0.480. The standard InChI is InChI=1S/C13H16FN3O2/c14-9-1-3-10(4-2-9)17-13(19)8-15-11-5-6-12(18)16-7-11/h1-4,11,15H,5-8H2,(H,16,18)(H,17,19). The molecule has 1 aliphatic heterocycles. The fourth-order valence-electron chi connectivity index (χ4n) is 1.88. The van der Waals surface area contributed by atoms with Gasteiger partial charge in [-0.1, -0.05) is 0 Å². The number of amides is 2. The van der Waals surface area contributed by atoms with E-state index in [4.69, 9.17) is 0 Å². The second-order valence-corrected chi connectivity index (χ2v) is 4.48. The number of piperidine rings is 1. The molecule has 1 unspecified atom stereocenters. The molecule has 0 spiro atoms. The molecule has 3 N–H and O–H groups in total. The first-order valence-corrected chi connectivity index (χ1v) is 6.19. The molecule has 0 saturated carbocycles. The summed E-state index contributed by atoms with van der Waals surface area (Å²) in [6, 6.07) is 5.72. The maximum atomic E-state index is 12.7. The van der Waals surface area contributed by atoms with Crippen LogP contribution in [0.5, 0.6) is 0 Å². The predicted molar refractivity (Wildman–Crippen MR) is 69.1 cm³/mol. The zero-order valence-electron chi connectivity index (χ0n) is 10.4. The van der Waals surface area contributed by atoms with Crippen molar-refractivity contribution in [3.63, 3.8) is 0 Å². The van der Waals surface area contributed by atoms with Crippen molar-refractivity contribution < 1.29 is 14.0 Å². The molecule has 1 aromatic carbocycles. The number of anilines is 1. The summed E-state index contributed by atoms with van der Waals surface area (Å²) >= 11 is 0. The summed E-state index contributed by atoms with van der Waals surface area (Å²) < 4.78 is 12.7. The minimum Gasteiger partial charge on any atom is -0.355 e. The minimum atomic E-state index is -0.339. The summed E-state index contributed by atoms with van der Waals surface area (Å²) in [5.41, 5.74) is 0.560. The average Bonchev–Trinajstić information content (AvgIpc) is 2.41. The van der Waals surface area contributed by atoms with Gasteiger partial charge in [-0.25, -0.2) is 4.39 Å². The highest BCUT2D eigenvalue weighted by Gasteiger charge is 2.17. The lowest BCUT2D eigenvalue weighted by molar-refractivity contribution is -0.122. The van der Waals surface area contributed by atoms with Crippen molar-refractivity contribution >= 4 is 17.5 Å². The highest BCUT2D eigenvalue weighted by molar-refractivity contribution is 5.92. The van der Waals surface area contributed by atoms with Crippen molar-refractivity contribution in [2.45, 2.75) is 18.9 Å². The van der Waals surface area contributed by atoms with E-state index in [1.807, 2.05) is 0 Å². The highest BCUT2D eigenvalue weighted by Crippen LogP contribution is 2.08. The first kappa shape index (κ1) is 13.5. The van der Waals surface area contributed by atoms with E-state index in [2.05, 4.69) is 16.0 Å². The lowest BCUT2D eigenvalue weighted by Gasteiger charge is -2.23. The van der Waals surface area contributed by atoms with Gasteiger partial charge in [0.2, 0.25) is 11.8 Å². The van der Waals surface area contributed by atoms with Gasteiger partial charge in [0.05, 0.1) is 6.54 Å². The van der Waals surface area contributed by atoms with Crippen molar-refractivity contribution in [2.75, 3.05) is 18.4 Å². The molecule has 102 valence electrons. The fraction of sp³-hybridized carbons (Fsp3) is 0.385. The van der Waals surface area contributed by atoms with Crippen LogP contribution >= 0.6 is 0 Å². The van der Waals surface area contributed by atoms with E-state index in [1.165, 1.54) is 24.3 Å². The van der Waals surface area contributed by atoms with Crippen LogP contribution in [-0.2, 0) is 9.59 Å². The van der Waals surface area contributed by atoms with Crippen molar-refractivity contribution in [1.29, 1.82) is 0 Å². The average molecular weight is 265 g/mol. The summed E-state index contributed by atoms with van der Waals surface area (Å²) in [7, 11) is 0. The van der Waals surface area contributed by atoms with Crippen LogP contribution in [0.1, 0.15) is 12.8 Å². The van der Waals surface area contributed by atoms with Crippen LogP contribution in [0.25, 0.3) is 0 Å². The number of halogens is 1. The molecule has 0 bridgehead atoms. The Balaban J connectivity index is 1.72. The third-order valence-corrected chi connectivity index (χ3v) is 2.94. The summed E-state index contributed by atoms with van der Waals surface area (Å²) in [5, 5.41) is 8.47. The number of carbonyl (C=O) groups excluding carboxylic acids is 2.